The molecule has 2 rings (SSSR count). The summed E-state index contributed by atoms with van der Waals surface area (Å²) >= 11 is 11.7. The third kappa shape index (κ3) is 3.57. The average molecular weight is 289 g/mol. The molecule has 1 aliphatic rings. The van der Waals surface area contributed by atoms with Gasteiger partial charge >= 0.3 is 0 Å². The largest absolute Gasteiger partial charge is 0.381 e. The van der Waals surface area contributed by atoms with E-state index in [1.165, 1.54) is 0 Å². The molecule has 2 heterocycles. The van der Waals surface area contributed by atoms with Gasteiger partial charge in [-0.15, -0.1) is 0 Å². The second-order valence-corrected chi connectivity index (χ2v) is 5.02. The van der Waals surface area contributed by atoms with Crippen molar-refractivity contribution in [2.75, 3.05) is 19.8 Å². The van der Waals surface area contributed by atoms with Crippen LogP contribution >= 0.6 is 23.2 Å². The number of carbonyl (C=O) groups is 1. The molecular weight excluding hydrogens is 275 g/mol. The topological polar surface area (TPSA) is 51.2 Å². The molecule has 1 aromatic heterocycles. The predicted octanol–water partition coefficient (Wildman–Crippen LogP) is 2.54. The molecule has 6 heteroatoms. The highest BCUT2D eigenvalue weighted by molar-refractivity contribution is 6.34. The van der Waals surface area contributed by atoms with E-state index >= 15 is 0 Å². The molecule has 1 aromatic rings. The molecule has 4 nitrogen and oxygen atoms in total. The highest BCUT2D eigenvalue weighted by Gasteiger charge is 2.17. The number of nitrogens with one attached hydrogen (secondary N) is 1. The normalized spacial score (nSPS) is 16.6. The number of amides is 1. The van der Waals surface area contributed by atoms with E-state index in [1.54, 1.807) is 12.1 Å². The van der Waals surface area contributed by atoms with Crippen LogP contribution in [0.25, 0.3) is 0 Å². The molecule has 1 fully saturated rings. The van der Waals surface area contributed by atoms with Crippen molar-refractivity contribution >= 4 is 29.1 Å². The lowest BCUT2D eigenvalue weighted by Gasteiger charge is -2.22. The lowest BCUT2D eigenvalue weighted by molar-refractivity contribution is 0.0642. The van der Waals surface area contributed by atoms with Gasteiger partial charge in [0.1, 0.15) is 10.8 Å². The fraction of sp³-hybridized carbons (Fsp3) is 0.500. The van der Waals surface area contributed by atoms with Crippen LogP contribution in [-0.4, -0.2) is 30.6 Å². The number of carbonyl (C=O) groups excluding carboxylic acids is 1. The number of halogens is 2. The number of rotatable bonds is 3. The molecule has 1 N–H and O–H groups in total. The van der Waals surface area contributed by atoms with E-state index in [-0.39, 0.29) is 16.8 Å². The first-order valence-corrected chi connectivity index (χ1v) is 6.60. The van der Waals surface area contributed by atoms with Crippen molar-refractivity contribution in [3.63, 3.8) is 0 Å². The Balaban J connectivity index is 1.92. The molecule has 0 spiro atoms. The molecule has 0 aromatic carbocycles. The minimum atomic E-state index is -0.283. The average Bonchev–Trinajstić information content (AvgIpc) is 2.40. The second kappa shape index (κ2) is 6.36. The molecule has 0 atom stereocenters. The highest BCUT2D eigenvalue weighted by atomic mass is 35.5. The summed E-state index contributed by atoms with van der Waals surface area (Å²) in [6.07, 6.45) is 1.94. The summed E-state index contributed by atoms with van der Waals surface area (Å²) in [7, 11) is 0. The third-order valence-electron chi connectivity index (χ3n) is 2.92. The van der Waals surface area contributed by atoms with Crippen molar-refractivity contribution in [1.29, 1.82) is 0 Å². The Kier molecular flexibility index (Phi) is 4.80. The van der Waals surface area contributed by atoms with Gasteiger partial charge in [0.25, 0.3) is 5.91 Å². The minimum Gasteiger partial charge on any atom is -0.381 e. The lowest BCUT2D eigenvalue weighted by Crippen LogP contribution is -2.32. The third-order valence-corrected chi connectivity index (χ3v) is 3.43. The second-order valence-electron chi connectivity index (χ2n) is 4.23. The molecule has 0 radical (unpaired) electrons. The molecule has 18 heavy (non-hydrogen) atoms. The van der Waals surface area contributed by atoms with Gasteiger partial charge in [-0.05, 0) is 30.9 Å². The van der Waals surface area contributed by atoms with Gasteiger partial charge in [0.05, 0.1) is 5.02 Å². The number of ether oxygens (including phenoxy) is 1. The zero-order chi connectivity index (χ0) is 13.0. The summed E-state index contributed by atoms with van der Waals surface area (Å²) < 4.78 is 5.26. The quantitative estimate of drug-likeness (QED) is 0.870. The summed E-state index contributed by atoms with van der Waals surface area (Å²) in [4.78, 5) is 15.8. The predicted molar refractivity (Wildman–Crippen MR) is 70.1 cm³/mol. The Bertz CT molecular complexity index is 434. The smallest absolute Gasteiger partial charge is 0.271 e. The van der Waals surface area contributed by atoms with Crippen molar-refractivity contribution < 1.29 is 9.53 Å². The van der Waals surface area contributed by atoms with Gasteiger partial charge in [-0.2, -0.15) is 0 Å². The highest BCUT2D eigenvalue weighted by Crippen LogP contribution is 2.17. The van der Waals surface area contributed by atoms with E-state index in [0.717, 1.165) is 26.1 Å². The number of pyridine rings is 1. The van der Waals surface area contributed by atoms with Gasteiger partial charge in [-0.25, -0.2) is 4.98 Å². The van der Waals surface area contributed by atoms with E-state index in [4.69, 9.17) is 27.9 Å². The zero-order valence-corrected chi connectivity index (χ0v) is 11.3. The molecule has 0 saturated carbocycles. The first-order valence-electron chi connectivity index (χ1n) is 5.85. The van der Waals surface area contributed by atoms with E-state index < -0.39 is 0 Å². The van der Waals surface area contributed by atoms with Crippen molar-refractivity contribution in [3.05, 3.63) is 28.0 Å². The summed E-state index contributed by atoms with van der Waals surface area (Å²) in [6, 6.07) is 3.12. The van der Waals surface area contributed by atoms with E-state index in [2.05, 4.69) is 10.3 Å². The first kappa shape index (κ1) is 13.6. The van der Waals surface area contributed by atoms with Crippen LogP contribution in [0.4, 0.5) is 0 Å². The van der Waals surface area contributed by atoms with Crippen molar-refractivity contribution in [1.82, 2.24) is 10.3 Å². The van der Waals surface area contributed by atoms with Gasteiger partial charge in [-0.1, -0.05) is 23.2 Å². The van der Waals surface area contributed by atoms with Gasteiger partial charge in [-0.3, -0.25) is 4.79 Å². The Hall–Kier alpha value is -0.840. The van der Waals surface area contributed by atoms with Crippen LogP contribution in [0.1, 0.15) is 23.3 Å². The van der Waals surface area contributed by atoms with Crippen LogP contribution in [-0.2, 0) is 4.74 Å². The first-order chi connectivity index (χ1) is 8.66. The molecular formula is C12H14Cl2N2O2. The fourth-order valence-electron chi connectivity index (χ4n) is 1.85. The molecule has 0 unspecified atom stereocenters. The summed E-state index contributed by atoms with van der Waals surface area (Å²) in [5.74, 6) is 0.176. The Morgan fingerprint density at radius 2 is 2.11 bits per heavy atom. The van der Waals surface area contributed by atoms with Crippen LogP contribution in [0.2, 0.25) is 10.2 Å². The molecule has 0 bridgehead atoms. The maximum atomic E-state index is 11.9. The van der Waals surface area contributed by atoms with Crippen molar-refractivity contribution in [3.8, 4) is 0 Å². The minimum absolute atomic E-state index is 0.177. The van der Waals surface area contributed by atoms with E-state index in [1.807, 2.05) is 0 Å². The summed E-state index contributed by atoms with van der Waals surface area (Å²) in [5, 5.41) is 3.41. The molecule has 1 amide bonds. The van der Waals surface area contributed by atoms with Crippen LogP contribution in [0.3, 0.4) is 0 Å². The Labute approximate surface area is 116 Å². The monoisotopic (exact) mass is 288 g/mol. The number of hydrogen-bond donors (Lipinski definition) is 1. The number of hydrogen-bond acceptors (Lipinski definition) is 3. The van der Waals surface area contributed by atoms with Crippen LogP contribution in [0.5, 0.6) is 0 Å². The lowest BCUT2D eigenvalue weighted by atomic mass is 10.0. The number of nitrogens with zero attached hydrogens (tertiary/aromatic N) is 1. The van der Waals surface area contributed by atoms with Gasteiger partial charge in [0.2, 0.25) is 0 Å². The standard InChI is InChI=1S/C12H14Cl2N2O2/c13-9-1-2-10(14)16-11(9)12(17)15-7-8-3-5-18-6-4-8/h1-2,8H,3-7H2,(H,15,17). The Morgan fingerprint density at radius 1 is 1.39 bits per heavy atom. The van der Waals surface area contributed by atoms with E-state index in [9.17, 15) is 4.79 Å². The number of aromatic nitrogens is 1. The Morgan fingerprint density at radius 3 is 2.83 bits per heavy atom. The molecule has 98 valence electrons. The van der Waals surface area contributed by atoms with Crippen molar-refractivity contribution in [2.24, 2.45) is 5.92 Å². The van der Waals surface area contributed by atoms with Crippen LogP contribution in [0, 0.1) is 5.92 Å². The molecule has 1 saturated heterocycles. The van der Waals surface area contributed by atoms with Gasteiger partial charge in [0.15, 0.2) is 0 Å². The van der Waals surface area contributed by atoms with Gasteiger partial charge < -0.3 is 10.1 Å². The van der Waals surface area contributed by atoms with Crippen molar-refractivity contribution in [2.45, 2.75) is 12.8 Å². The SMILES string of the molecule is O=C(NCC1CCOCC1)c1nc(Cl)ccc1Cl. The van der Waals surface area contributed by atoms with E-state index in [0.29, 0.717) is 17.5 Å². The fourth-order valence-corrected chi connectivity index (χ4v) is 2.19. The molecule has 0 aliphatic carbocycles. The summed E-state index contributed by atoms with van der Waals surface area (Å²) in [5.41, 5.74) is 0.177. The van der Waals surface area contributed by atoms with Gasteiger partial charge in [0, 0.05) is 19.8 Å². The van der Waals surface area contributed by atoms with Crippen LogP contribution < -0.4 is 5.32 Å². The maximum Gasteiger partial charge on any atom is 0.271 e. The summed E-state index contributed by atoms with van der Waals surface area (Å²) in [6.45, 7) is 2.14. The van der Waals surface area contributed by atoms with Crippen LogP contribution in [0.15, 0.2) is 12.1 Å². The molecule has 1 aliphatic heterocycles. The zero-order valence-electron chi connectivity index (χ0n) is 9.79. The maximum absolute atomic E-state index is 11.9.